The normalized spacial score (nSPS) is 16.8. The van der Waals surface area contributed by atoms with Crippen molar-refractivity contribution in [2.45, 2.75) is 37.1 Å². The molecular formula is C24H28N6O3S2. The molecule has 1 saturated heterocycles. The molecule has 0 amide bonds. The number of nitrogens with one attached hydrogen (secondary N) is 2. The first-order chi connectivity index (χ1) is 17.0. The summed E-state index contributed by atoms with van der Waals surface area (Å²) in [7, 11) is -3.52. The van der Waals surface area contributed by atoms with E-state index in [0.29, 0.717) is 37.1 Å². The summed E-state index contributed by atoms with van der Waals surface area (Å²) in [6.07, 6.45) is 4.52. The Bertz CT molecular complexity index is 1280. The van der Waals surface area contributed by atoms with Crippen LogP contribution in [-0.4, -0.2) is 58.9 Å². The Morgan fingerprint density at radius 1 is 0.857 bits per heavy atom. The zero-order valence-electron chi connectivity index (χ0n) is 19.3. The minimum absolute atomic E-state index is 0.255. The quantitative estimate of drug-likeness (QED) is 0.501. The predicted octanol–water partition coefficient (Wildman–Crippen LogP) is 3.50. The third-order valence-electron chi connectivity index (χ3n) is 6.23. The Kier molecular flexibility index (Phi) is 7.09. The van der Waals surface area contributed by atoms with E-state index in [9.17, 15) is 8.42 Å². The van der Waals surface area contributed by atoms with Gasteiger partial charge in [0.1, 0.15) is 5.82 Å². The molecule has 184 valence electrons. The molecular weight excluding hydrogens is 484 g/mol. The number of aryl methyl sites for hydroxylation is 1. The number of anilines is 2. The molecule has 0 atom stereocenters. The first kappa shape index (κ1) is 23.9. The number of rotatable bonds is 5. The van der Waals surface area contributed by atoms with Crippen molar-refractivity contribution in [3.05, 3.63) is 54.4 Å². The lowest BCUT2D eigenvalue weighted by Crippen LogP contribution is -2.40. The highest BCUT2D eigenvalue weighted by Crippen LogP contribution is 2.24. The van der Waals surface area contributed by atoms with Crippen LogP contribution in [0.5, 0.6) is 0 Å². The van der Waals surface area contributed by atoms with Crippen LogP contribution < -0.4 is 10.6 Å². The number of aromatic nitrogens is 3. The summed E-state index contributed by atoms with van der Waals surface area (Å²) < 4.78 is 34.5. The van der Waals surface area contributed by atoms with Crippen molar-refractivity contribution >= 4 is 38.7 Å². The summed E-state index contributed by atoms with van der Waals surface area (Å²) >= 11 is 5.45. The fourth-order valence-corrected chi connectivity index (χ4v) is 5.98. The van der Waals surface area contributed by atoms with Crippen LogP contribution in [0.3, 0.4) is 0 Å². The maximum Gasteiger partial charge on any atom is 0.243 e. The molecule has 2 N–H and O–H groups in total. The molecule has 0 bridgehead atoms. The first-order valence-corrected chi connectivity index (χ1v) is 13.6. The average molecular weight is 513 g/mol. The van der Waals surface area contributed by atoms with E-state index < -0.39 is 10.0 Å². The van der Waals surface area contributed by atoms with Crippen molar-refractivity contribution in [1.82, 2.24) is 19.1 Å². The van der Waals surface area contributed by atoms with Crippen LogP contribution in [0, 0.1) is 0 Å². The summed E-state index contributed by atoms with van der Waals surface area (Å²) in [4.78, 5) is 0.255. The highest BCUT2D eigenvalue weighted by Gasteiger charge is 2.26. The van der Waals surface area contributed by atoms with Crippen molar-refractivity contribution < 1.29 is 13.2 Å². The van der Waals surface area contributed by atoms with E-state index in [4.69, 9.17) is 17.0 Å². The Labute approximate surface area is 210 Å². The van der Waals surface area contributed by atoms with Gasteiger partial charge in [-0.25, -0.2) is 8.42 Å². The maximum atomic E-state index is 12.8. The van der Waals surface area contributed by atoms with Crippen molar-refractivity contribution in [3.63, 3.8) is 0 Å². The lowest BCUT2D eigenvalue weighted by atomic mass is 10.2. The van der Waals surface area contributed by atoms with Gasteiger partial charge in [-0.1, -0.05) is 6.42 Å². The number of fused-ring (bicyclic) bond motifs is 1. The van der Waals surface area contributed by atoms with E-state index in [2.05, 4.69) is 25.4 Å². The minimum Gasteiger partial charge on any atom is -0.379 e. The van der Waals surface area contributed by atoms with Gasteiger partial charge in [0, 0.05) is 43.0 Å². The van der Waals surface area contributed by atoms with Gasteiger partial charge < -0.3 is 19.9 Å². The highest BCUT2D eigenvalue weighted by molar-refractivity contribution is 7.89. The summed E-state index contributed by atoms with van der Waals surface area (Å²) in [5.74, 6) is 1.97. The monoisotopic (exact) mass is 512 g/mol. The smallest absolute Gasteiger partial charge is 0.243 e. The Morgan fingerprint density at radius 3 is 2.20 bits per heavy atom. The van der Waals surface area contributed by atoms with Crippen LogP contribution in [0.1, 0.15) is 25.1 Å². The van der Waals surface area contributed by atoms with Crippen molar-refractivity contribution in [1.29, 1.82) is 0 Å². The van der Waals surface area contributed by atoms with Crippen LogP contribution in [0.15, 0.2) is 53.4 Å². The van der Waals surface area contributed by atoms with Gasteiger partial charge in [0.05, 0.1) is 18.1 Å². The van der Waals surface area contributed by atoms with E-state index in [0.717, 1.165) is 48.7 Å². The molecule has 1 aromatic heterocycles. The minimum atomic E-state index is -3.52. The van der Waals surface area contributed by atoms with Gasteiger partial charge in [-0.2, -0.15) is 4.31 Å². The largest absolute Gasteiger partial charge is 0.379 e. The zero-order chi connectivity index (χ0) is 24.3. The molecule has 0 aliphatic carbocycles. The van der Waals surface area contributed by atoms with E-state index >= 15 is 0 Å². The second-order valence-corrected chi connectivity index (χ2v) is 10.9. The number of nitrogens with zero attached hydrogens (tertiary/aromatic N) is 4. The van der Waals surface area contributed by atoms with E-state index in [1.807, 2.05) is 24.3 Å². The first-order valence-electron chi connectivity index (χ1n) is 11.8. The number of thiocarbonyl (C=S) groups is 1. The summed E-state index contributed by atoms with van der Waals surface area (Å²) in [5.41, 5.74) is 2.56. The molecule has 3 aromatic rings. The number of morpholine rings is 1. The number of ether oxygens (including phenoxy) is 1. The SMILES string of the molecule is O=S(=O)(c1ccc(NC(=S)Nc2ccc(-c3nnc4n3CCCCC4)cc2)cc1)N1CCOCC1. The number of sulfonamides is 1. The van der Waals surface area contributed by atoms with Crippen LogP contribution in [0.4, 0.5) is 11.4 Å². The molecule has 3 heterocycles. The summed E-state index contributed by atoms with van der Waals surface area (Å²) in [5, 5.41) is 15.5. The molecule has 5 rings (SSSR count). The van der Waals surface area contributed by atoms with Crippen LogP contribution in [0.25, 0.3) is 11.4 Å². The lowest BCUT2D eigenvalue weighted by Gasteiger charge is -2.26. The van der Waals surface area contributed by atoms with E-state index in [-0.39, 0.29) is 4.90 Å². The number of hydrogen-bond donors (Lipinski definition) is 2. The molecule has 0 saturated carbocycles. The van der Waals surface area contributed by atoms with Gasteiger partial charge in [-0.3, -0.25) is 0 Å². The van der Waals surface area contributed by atoms with Gasteiger partial charge in [0.15, 0.2) is 10.9 Å². The van der Waals surface area contributed by atoms with Crippen LogP contribution in [0.2, 0.25) is 0 Å². The average Bonchev–Trinajstić information content (AvgIpc) is 3.13. The Morgan fingerprint density at radius 2 is 1.51 bits per heavy atom. The van der Waals surface area contributed by atoms with Crippen molar-refractivity contribution in [3.8, 4) is 11.4 Å². The molecule has 35 heavy (non-hydrogen) atoms. The molecule has 0 unspecified atom stereocenters. The molecule has 0 radical (unpaired) electrons. The van der Waals surface area contributed by atoms with Crippen LogP contribution in [-0.2, 0) is 27.7 Å². The topological polar surface area (TPSA) is 101 Å². The van der Waals surface area contributed by atoms with Gasteiger partial charge >= 0.3 is 0 Å². The molecule has 0 spiro atoms. The molecule has 2 aliphatic heterocycles. The number of hydrogen-bond acceptors (Lipinski definition) is 6. The fourth-order valence-electron chi connectivity index (χ4n) is 4.34. The highest BCUT2D eigenvalue weighted by atomic mass is 32.2. The van der Waals surface area contributed by atoms with Crippen molar-refractivity contribution in [2.24, 2.45) is 0 Å². The van der Waals surface area contributed by atoms with Crippen LogP contribution >= 0.6 is 12.2 Å². The standard InChI is InChI=1S/C24H28N6O3S2/c31-35(32,29-14-16-33-17-15-29)21-11-9-20(10-12-21)26-24(34)25-19-7-5-18(6-8-19)23-28-27-22-4-2-1-3-13-30(22)23/h5-12H,1-4,13-17H2,(H2,25,26,34). The van der Waals surface area contributed by atoms with Gasteiger partial charge in [-0.15, -0.1) is 10.2 Å². The predicted molar refractivity (Wildman–Crippen MR) is 139 cm³/mol. The van der Waals surface area contributed by atoms with Gasteiger partial charge in [0.2, 0.25) is 10.0 Å². The third kappa shape index (κ3) is 5.37. The molecule has 2 aliphatic rings. The van der Waals surface area contributed by atoms with Gasteiger partial charge in [0.25, 0.3) is 0 Å². The molecule has 2 aromatic carbocycles. The molecule has 9 nitrogen and oxygen atoms in total. The van der Waals surface area contributed by atoms with Crippen molar-refractivity contribution in [2.75, 3.05) is 36.9 Å². The zero-order valence-corrected chi connectivity index (χ0v) is 20.9. The molecule has 11 heteroatoms. The fraction of sp³-hybridized carbons (Fsp3) is 0.375. The second kappa shape index (κ2) is 10.4. The van der Waals surface area contributed by atoms with E-state index in [1.54, 1.807) is 24.3 Å². The molecule has 1 fully saturated rings. The third-order valence-corrected chi connectivity index (χ3v) is 8.35. The Balaban J connectivity index is 1.20. The van der Waals surface area contributed by atoms with E-state index in [1.165, 1.54) is 10.7 Å². The maximum absolute atomic E-state index is 12.8. The summed E-state index contributed by atoms with van der Waals surface area (Å²) in [6, 6.07) is 14.5. The number of benzene rings is 2. The van der Waals surface area contributed by atoms with Gasteiger partial charge in [-0.05, 0) is 73.6 Å². The lowest BCUT2D eigenvalue weighted by molar-refractivity contribution is 0.0730. The Hall–Kier alpha value is -2.86. The second-order valence-electron chi connectivity index (χ2n) is 8.60. The summed E-state index contributed by atoms with van der Waals surface area (Å²) in [6.45, 7) is 2.53.